The summed E-state index contributed by atoms with van der Waals surface area (Å²) in [6, 6.07) is 3.67. The molecule has 1 aromatic rings. The minimum Gasteiger partial charge on any atom is -0.497 e. The van der Waals surface area contributed by atoms with Crippen LogP contribution in [0.4, 0.5) is 4.79 Å². The average Bonchev–Trinajstić information content (AvgIpc) is 2.91. The Morgan fingerprint density at radius 1 is 1.07 bits per heavy atom. The van der Waals surface area contributed by atoms with E-state index < -0.39 is 30.2 Å². The highest BCUT2D eigenvalue weighted by atomic mass is 16.5. The third-order valence-electron chi connectivity index (χ3n) is 5.49. The first-order chi connectivity index (χ1) is 13.4. The van der Waals surface area contributed by atoms with Gasteiger partial charge in [-0.3, -0.25) is 19.3 Å². The molecule has 150 valence electrons. The van der Waals surface area contributed by atoms with E-state index >= 15 is 0 Å². The molecule has 0 bridgehead atoms. The van der Waals surface area contributed by atoms with Crippen LogP contribution in [0, 0.1) is 5.92 Å². The number of nitrogens with zero attached hydrogens (tertiary/aromatic N) is 2. The van der Waals surface area contributed by atoms with Crippen molar-refractivity contribution in [1.29, 1.82) is 0 Å². The molecule has 2 atom stereocenters. The molecule has 28 heavy (non-hydrogen) atoms. The monoisotopic (exact) mass is 388 g/mol. The van der Waals surface area contributed by atoms with Gasteiger partial charge < -0.3 is 9.47 Å². The quantitative estimate of drug-likeness (QED) is 0.422. The number of carbonyl (C=O) groups excluding carboxylic acids is 4. The number of hydrogen-bond donors (Lipinski definition) is 0. The van der Waals surface area contributed by atoms with Crippen LogP contribution in [-0.4, -0.2) is 60.2 Å². The number of amides is 4. The van der Waals surface area contributed by atoms with Crippen molar-refractivity contribution in [1.82, 2.24) is 9.80 Å². The second-order valence-corrected chi connectivity index (χ2v) is 7.17. The van der Waals surface area contributed by atoms with Crippen molar-refractivity contribution in [3.63, 3.8) is 0 Å². The Labute approximate surface area is 163 Å². The number of benzene rings is 1. The van der Waals surface area contributed by atoms with Gasteiger partial charge in [-0.15, -0.1) is 0 Å². The lowest BCUT2D eigenvalue weighted by molar-refractivity contribution is -0.144. The van der Waals surface area contributed by atoms with E-state index in [-0.39, 0.29) is 17.5 Å². The maximum atomic E-state index is 12.8. The van der Waals surface area contributed by atoms with Crippen molar-refractivity contribution >= 4 is 23.6 Å². The Morgan fingerprint density at radius 2 is 1.79 bits per heavy atom. The second-order valence-electron chi connectivity index (χ2n) is 7.17. The molecule has 0 radical (unpaired) electrons. The normalized spacial score (nSPS) is 22.6. The molecule has 8 nitrogen and oxygen atoms in total. The molecule has 0 N–H and O–H groups in total. The summed E-state index contributed by atoms with van der Waals surface area (Å²) in [6.45, 7) is 1.45. The topological polar surface area (TPSA) is 93.2 Å². The summed E-state index contributed by atoms with van der Waals surface area (Å²) in [5.74, 6) is -1.45. The van der Waals surface area contributed by atoms with E-state index in [1.54, 1.807) is 12.1 Å². The first kappa shape index (κ1) is 19.9. The zero-order valence-corrected chi connectivity index (χ0v) is 16.3. The number of ether oxygens (including phenoxy) is 2. The predicted octanol–water partition coefficient (Wildman–Crippen LogP) is 2.26. The van der Waals surface area contributed by atoms with Crippen molar-refractivity contribution in [2.24, 2.45) is 5.92 Å². The maximum Gasteiger partial charge on any atom is 0.334 e. The molecule has 1 saturated heterocycles. The molecule has 0 unspecified atom stereocenters. The largest absolute Gasteiger partial charge is 0.497 e. The van der Waals surface area contributed by atoms with Gasteiger partial charge in [0.15, 0.2) is 5.78 Å². The SMILES string of the molecule is COc1ccc(OC)c(C(=O)CN2C(=O)C(=O)N([C@H]3CCCC[C@@H]3C)C2=O)c1. The molecule has 1 heterocycles. The number of ketones is 1. The van der Waals surface area contributed by atoms with Gasteiger partial charge in [0.1, 0.15) is 11.5 Å². The number of imide groups is 2. The molecule has 2 fully saturated rings. The van der Waals surface area contributed by atoms with Gasteiger partial charge in [-0.05, 0) is 37.0 Å². The number of hydrogen-bond acceptors (Lipinski definition) is 6. The number of rotatable bonds is 6. The molecule has 1 aliphatic heterocycles. The highest BCUT2D eigenvalue weighted by molar-refractivity contribution is 6.45. The maximum absolute atomic E-state index is 12.8. The van der Waals surface area contributed by atoms with Crippen molar-refractivity contribution < 1.29 is 28.7 Å². The summed E-state index contributed by atoms with van der Waals surface area (Å²) < 4.78 is 10.3. The van der Waals surface area contributed by atoms with E-state index in [2.05, 4.69) is 0 Å². The molecule has 1 saturated carbocycles. The summed E-state index contributed by atoms with van der Waals surface area (Å²) in [5, 5.41) is 0. The number of methoxy groups -OCH3 is 2. The smallest absolute Gasteiger partial charge is 0.334 e. The lowest BCUT2D eigenvalue weighted by Gasteiger charge is -2.34. The zero-order valence-electron chi connectivity index (χ0n) is 16.3. The summed E-state index contributed by atoms with van der Waals surface area (Å²) in [7, 11) is 2.88. The van der Waals surface area contributed by atoms with E-state index in [1.165, 1.54) is 20.3 Å². The van der Waals surface area contributed by atoms with Gasteiger partial charge in [-0.1, -0.05) is 19.8 Å². The molecule has 0 aromatic heterocycles. The predicted molar refractivity (Wildman–Crippen MR) is 99.3 cm³/mol. The van der Waals surface area contributed by atoms with Crippen molar-refractivity contribution in [3.05, 3.63) is 23.8 Å². The van der Waals surface area contributed by atoms with Crippen LogP contribution in [-0.2, 0) is 9.59 Å². The summed E-state index contributed by atoms with van der Waals surface area (Å²) in [5.41, 5.74) is 0.180. The van der Waals surface area contributed by atoms with Gasteiger partial charge in [0.25, 0.3) is 0 Å². The Bertz CT molecular complexity index is 821. The van der Waals surface area contributed by atoms with Gasteiger partial charge in [0.05, 0.1) is 26.3 Å². The van der Waals surface area contributed by atoms with Crippen molar-refractivity contribution in [2.45, 2.75) is 38.6 Å². The van der Waals surface area contributed by atoms with E-state index in [4.69, 9.17) is 9.47 Å². The third-order valence-corrected chi connectivity index (χ3v) is 5.49. The summed E-state index contributed by atoms with van der Waals surface area (Å²) >= 11 is 0. The van der Waals surface area contributed by atoms with Crippen LogP contribution in [0.15, 0.2) is 18.2 Å². The molecule has 2 aliphatic rings. The van der Waals surface area contributed by atoms with Crippen LogP contribution in [0.5, 0.6) is 11.5 Å². The van der Waals surface area contributed by atoms with Crippen LogP contribution < -0.4 is 9.47 Å². The van der Waals surface area contributed by atoms with Gasteiger partial charge in [-0.2, -0.15) is 0 Å². The minimum atomic E-state index is -0.960. The minimum absolute atomic E-state index is 0.128. The Hall–Kier alpha value is -2.90. The molecule has 1 aromatic carbocycles. The van der Waals surface area contributed by atoms with Gasteiger partial charge in [0.2, 0.25) is 0 Å². The fourth-order valence-corrected chi connectivity index (χ4v) is 3.90. The Balaban J connectivity index is 1.82. The van der Waals surface area contributed by atoms with E-state index in [0.717, 1.165) is 29.1 Å². The summed E-state index contributed by atoms with van der Waals surface area (Å²) in [4.78, 5) is 52.3. The molecular weight excluding hydrogens is 364 g/mol. The molecule has 4 amide bonds. The van der Waals surface area contributed by atoms with Crippen LogP contribution in [0.3, 0.4) is 0 Å². The van der Waals surface area contributed by atoms with Crippen LogP contribution >= 0.6 is 0 Å². The van der Waals surface area contributed by atoms with E-state index in [9.17, 15) is 19.2 Å². The first-order valence-electron chi connectivity index (χ1n) is 9.33. The molecule has 8 heteroatoms. The van der Waals surface area contributed by atoms with Crippen LogP contribution in [0.1, 0.15) is 43.0 Å². The Morgan fingerprint density at radius 3 is 2.43 bits per heavy atom. The fourth-order valence-electron chi connectivity index (χ4n) is 3.90. The van der Waals surface area contributed by atoms with Gasteiger partial charge in [0, 0.05) is 6.04 Å². The number of carbonyl (C=O) groups is 4. The van der Waals surface area contributed by atoms with E-state index in [0.29, 0.717) is 17.9 Å². The molecular formula is C20H24N2O6. The third kappa shape index (κ3) is 3.46. The number of Topliss-reactive ketones (excluding diaryl/α,β-unsaturated/α-hetero) is 1. The lowest BCUT2D eigenvalue weighted by atomic mass is 9.85. The van der Waals surface area contributed by atoms with E-state index in [1.807, 2.05) is 6.92 Å². The highest BCUT2D eigenvalue weighted by Gasteiger charge is 2.49. The van der Waals surface area contributed by atoms with Gasteiger partial charge >= 0.3 is 17.8 Å². The zero-order chi connectivity index (χ0) is 20.4. The van der Waals surface area contributed by atoms with Gasteiger partial charge in [-0.25, -0.2) is 9.69 Å². The lowest BCUT2D eigenvalue weighted by Crippen LogP contribution is -2.46. The fraction of sp³-hybridized carbons (Fsp3) is 0.500. The van der Waals surface area contributed by atoms with Crippen molar-refractivity contribution in [2.75, 3.05) is 20.8 Å². The Kier molecular flexibility index (Phi) is 5.67. The standard InChI is InChI=1S/C20H24N2O6/c1-12-6-4-5-7-15(12)22-19(25)18(24)21(20(22)26)11-16(23)14-10-13(27-2)8-9-17(14)28-3/h8-10,12,15H,4-7,11H2,1-3H3/t12-,15-/m0/s1. The second kappa shape index (κ2) is 8.00. The van der Waals surface area contributed by atoms with Crippen LogP contribution in [0.2, 0.25) is 0 Å². The number of urea groups is 1. The summed E-state index contributed by atoms with van der Waals surface area (Å²) in [6.07, 6.45) is 3.52. The van der Waals surface area contributed by atoms with Crippen molar-refractivity contribution in [3.8, 4) is 11.5 Å². The van der Waals surface area contributed by atoms with Crippen LogP contribution in [0.25, 0.3) is 0 Å². The molecule has 1 aliphatic carbocycles. The average molecular weight is 388 g/mol. The first-order valence-corrected chi connectivity index (χ1v) is 9.33. The molecule has 3 rings (SSSR count). The molecule has 0 spiro atoms. The highest BCUT2D eigenvalue weighted by Crippen LogP contribution is 2.31.